The van der Waals surface area contributed by atoms with Crippen molar-refractivity contribution in [3.05, 3.63) is 74.8 Å². The van der Waals surface area contributed by atoms with E-state index in [0.29, 0.717) is 69.2 Å². The van der Waals surface area contributed by atoms with Crippen LogP contribution in [-0.2, 0) is 17.6 Å². The molecule has 2 bridgehead atoms. The van der Waals surface area contributed by atoms with Gasteiger partial charge in [0.15, 0.2) is 23.0 Å². The van der Waals surface area contributed by atoms with Crippen molar-refractivity contribution in [1.82, 2.24) is 14.7 Å². The number of aryl methyl sites for hydroxylation is 1. The molecule has 12 nitrogen and oxygen atoms in total. The van der Waals surface area contributed by atoms with Crippen molar-refractivity contribution in [3.63, 3.8) is 0 Å². The highest BCUT2D eigenvalue weighted by Gasteiger charge is 2.58. The summed E-state index contributed by atoms with van der Waals surface area (Å²) in [7, 11) is 3.49. The largest absolute Gasteiger partial charge is 0.504 e. The lowest BCUT2D eigenvalue weighted by molar-refractivity contribution is -0.133. The van der Waals surface area contributed by atoms with Gasteiger partial charge in [-0.2, -0.15) is 5.26 Å². The Bertz CT molecular complexity index is 2020. The van der Waals surface area contributed by atoms with Crippen LogP contribution in [0.3, 0.4) is 0 Å². The lowest BCUT2D eigenvalue weighted by atomic mass is 9.71. The minimum Gasteiger partial charge on any atom is -0.504 e. The fourth-order valence-electron chi connectivity index (χ4n) is 9.26. The number of hydrogen-bond acceptors (Lipinski definition) is 11. The quantitative estimate of drug-likeness (QED) is 0.253. The first kappa shape index (κ1) is 29.1. The van der Waals surface area contributed by atoms with Crippen LogP contribution in [0.1, 0.15) is 79.0 Å². The van der Waals surface area contributed by atoms with Crippen LogP contribution in [-0.4, -0.2) is 83.2 Å². The monoisotopic (exact) mass is 648 g/mol. The third-order valence-corrected chi connectivity index (χ3v) is 11.3. The molecule has 1 unspecified atom stereocenters. The number of phenols is 1. The fourth-order valence-corrected chi connectivity index (χ4v) is 9.26. The van der Waals surface area contributed by atoms with Gasteiger partial charge in [-0.15, -0.1) is 0 Å². The number of nitrogens with zero attached hydrogens (tertiary/aromatic N) is 4. The molecule has 3 aromatic rings. The molecule has 1 fully saturated rings. The number of rotatable bonds is 3. The van der Waals surface area contributed by atoms with E-state index in [9.17, 15) is 24.8 Å². The zero-order valence-electron chi connectivity index (χ0n) is 26.8. The molecule has 0 aliphatic carbocycles. The van der Waals surface area contributed by atoms with Crippen molar-refractivity contribution in [2.45, 2.75) is 62.8 Å². The summed E-state index contributed by atoms with van der Waals surface area (Å²) in [5, 5.41) is 22.7. The Morgan fingerprint density at radius 2 is 1.69 bits per heavy atom. The maximum Gasteiger partial charge on any atom is 0.318 e. The molecule has 6 aliphatic heterocycles. The Balaban J connectivity index is 1.29. The van der Waals surface area contributed by atoms with Gasteiger partial charge in [-0.3, -0.25) is 29.1 Å². The number of fused-ring (bicyclic) bond motifs is 13. The third kappa shape index (κ3) is 3.52. The van der Waals surface area contributed by atoms with Gasteiger partial charge in [0.2, 0.25) is 6.79 Å². The maximum absolute atomic E-state index is 13.8. The molecule has 6 atom stereocenters. The third-order valence-electron chi connectivity index (χ3n) is 11.3. The Morgan fingerprint density at radius 1 is 1.00 bits per heavy atom. The average Bonchev–Trinajstić information content (AvgIpc) is 3.73. The molecule has 0 spiro atoms. The van der Waals surface area contributed by atoms with E-state index in [1.54, 1.807) is 31.2 Å². The van der Waals surface area contributed by atoms with Crippen LogP contribution in [0.5, 0.6) is 28.7 Å². The number of methoxy groups -OCH3 is 1. The van der Waals surface area contributed by atoms with Gasteiger partial charge in [0.25, 0.3) is 11.8 Å². The van der Waals surface area contributed by atoms with Gasteiger partial charge in [-0.1, -0.05) is 18.2 Å². The topological polar surface area (TPSA) is 142 Å². The molecule has 0 radical (unpaired) electrons. The van der Waals surface area contributed by atoms with E-state index < -0.39 is 47.9 Å². The highest BCUT2D eigenvalue weighted by Crippen LogP contribution is 2.61. The zero-order valence-corrected chi connectivity index (χ0v) is 26.8. The lowest BCUT2D eigenvalue weighted by Gasteiger charge is -2.60. The smallest absolute Gasteiger partial charge is 0.318 e. The minimum absolute atomic E-state index is 0.0526. The predicted octanol–water partition coefficient (Wildman–Crippen LogP) is 3.53. The van der Waals surface area contributed by atoms with Crippen LogP contribution >= 0.6 is 0 Å². The maximum atomic E-state index is 13.8. The Hall–Kier alpha value is -5.12. The first-order valence-electron chi connectivity index (χ1n) is 16.1. The van der Waals surface area contributed by atoms with Crippen LogP contribution in [0.25, 0.3) is 0 Å². The minimum atomic E-state index is -0.726. The van der Waals surface area contributed by atoms with Gasteiger partial charge in [0.1, 0.15) is 11.8 Å². The van der Waals surface area contributed by atoms with E-state index in [0.717, 1.165) is 11.1 Å². The number of esters is 1. The number of benzene rings is 3. The van der Waals surface area contributed by atoms with Gasteiger partial charge in [-0.05, 0) is 57.0 Å². The summed E-state index contributed by atoms with van der Waals surface area (Å²) in [5.74, 6) is -0.136. The molecule has 0 saturated carbocycles. The molecular formula is C36H32N4O8. The predicted molar refractivity (Wildman–Crippen MR) is 167 cm³/mol. The van der Waals surface area contributed by atoms with Gasteiger partial charge in [0, 0.05) is 35.3 Å². The van der Waals surface area contributed by atoms with Crippen LogP contribution in [0, 0.1) is 18.3 Å². The number of carbonyl (C=O) groups is 3. The van der Waals surface area contributed by atoms with E-state index in [2.05, 4.69) is 15.9 Å². The van der Waals surface area contributed by atoms with Crippen molar-refractivity contribution in [1.29, 1.82) is 5.26 Å². The molecule has 6 aliphatic rings. The number of carbonyl (C=O) groups excluding carboxylic acids is 3. The molecule has 2 amide bonds. The summed E-state index contributed by atoms with van der Waals surface area (Å²) < 4.78 is 23.7. The van der Waals surface area contributed by atoms with Crippen molar-refractivity contribution in [2.24, 2.45) is 0 Å². The van der Waals surface area contributed by atoms with Crippen LogP contribution in [0.15, 0.2) is 30.3 Å². The number of piperazine rings is 1. The van der Waals surface area contributed by atoms with Gasteiger partial charge in [-0.25, -0.2) is 0 Å². The zero-order chi connectivity index (χ0) is 33.3. The van der Waals surface area contributed by atoms with Crippen molar-refractivity contribution in [3.8, 4) is 34.8 Å². The second-order valence-electron chi connectivity index (χ2n) is 13.4. The van der Waals surface area contributed by atoms with E-state index in [1.165, 1.54) is 12.0 Å². The molecule has 6 heterocycles. The summed E-state index contributed by atoms with van der Waals surface area (Å²) in [5.41, 5.74) is 5.07. The molecule has 48 heavy (non-hydrogen) atoms. The normalized spacial score (nSPS) is 27.9. The number of imide groups is 1. The first-order chi connectivity index (χ1) is 23.2. The molecule has 1 N–H and O–H groups in total. The number of amides is 2. The second-order valence-corrected chi connectivity index (χ2v) is 13.4. The lowest BCUT2D eigenvalue weighted by Crippen LogP contribution is -2.68. The molecular weight excluding hydrogens is 616 g/mol. The Morgan fingerprint density at radius 3 is 2.35 bits per heavy atom. The van der Waals surface area contributed by atoms with Crippen LogP contribution < -0.4 is 18.9 Å². The number of aromatic hydroxyl groups is 1. The van der Waals surface area contributed by atoms with Gasteiger partial charge >= 0.3 is 5.97 Å². The summed E-state index contributed by atoms with van der Waals surface area (Å²) in [6.07, 6.45) is 0.827. The molecule has 9 rings (SSSR count). The van der Waals surface area contributed by atoms with Crippen molar-refractivity contribution in [2.75, 3.05) is 27.5 Å². The first-order valence-corrected chi connectivity index (χ1v) is 16.1. The fraction of sp³-hybridized carbons (Fsp3) is 0.389. The van der Waals surface area contributed by atoms with E-state index in [4.69, 9.17) is 18.9 Å². The van der Waals surface area contributed by atoms with Crippen molar-refractivity contribution < 1.29 is 38.4 Å². The number of ether oxygens (including phenoxy) is 4. The van der Waals surface area contributed by atoms with Gasteiger partial charge in [0.05, 0.1) is 47.9 Å². The summed E-state index contributed by atoms with van der Waals surface area (Å²) in [6.45, 7) is 3.50. The average molecular weight is 649 g/mol. The molecule has 1 saturated heterocycles. The van der Waals surface area contributed by atoms with Crippen LogP contribution in [0.4, 0.5) is 0 Å². The Labute approximate surface area is 275 Å². The molecule has 3 aromatic carbocycles. The summed E-state index contributed by atoms with van der Waals surface area (Å²) >= 11 is 0. The SMILES string of the molecule is COc1c(C)cc2c(c1O)[C@H]1[C@@H]3Cc4c5c(c6c(c4[C@H](CN4C(=O)c7ccccc7C4=O)N3[C@@H](C#N)[C@@H](C2)N1C)OCO6)C(C)C(=O)O5. The highest BCUT2D eigenvalue weighted by atomic mass is 16.7. The van der Waals surface area contributed by atoms with E-state index in [1.807, 2.05) is 20.0 Å². The van der Waals surface area contributed by atoms with E-state index >= 15 is 0 Å². The van der Waals surface area contributed by atoms with Gasteiger partial charge < -0.3 is 24.1 Å². The number of phenolic OH excluding ortho intramolecular Hbond substituents is 1. The number of hydrogen-bond donors (Lipinski definition) is 1. The standard InChI is InChI=1S/C36H32N4O8/c1-15-9-17-10-21-23(12-37)40-22(28(38(21)3)26(17)29(41)30(15)45-4)11-20-27(33-32(46-14-47-33)25-16(2)36(44)48-31(20)25)24(40)13-39-34(42)18-7-5-6-8-19(18)35(39)43/h5-9,16,21-24,28,41H,10-11,13-14H2,1-4H3/t16?,21-,22+,23+,24+,28-/m1/s1. The number of likely N-dealkylation sites (N-methyl/N-ethyl adjacent to an activating group) is 1. The Kier molecular flexibility index (Phi) is 6.02. The summed E-state index contributed by atoms with van der Waals surface area (Å²) in [4.78, 5) is 46.2. The molecule has 12 heteroatoms. The van der Waals surface area contributed by atoms with Crippen LogP contribution in [0.2, 0.25) is 0 Å². The molecule has 244 valence electrons. The van der Waals surface area contributed by atoms with E-state index in [-0.39, 0.29) is 25.1 Å². The second kappa shape index (κ2) is 9.95. The molecule has 0 aromatic heterocycles. The number of nitriles is 1. The van der Waals surface area contributed by atoms with Crippen molar-refractivity contribution >= 4 is 17.8 Å². The summed E-state index contributed by atoms with van der Waals surface area (Å²) in [6, 6.07) is 8.81. The highest BCUT2D eigenvalue weighted by molar-refractivity contribution is 6.21.